The molecule has 2 aliphatic rings. The van der Waals surface area contributed by atoms with Crippen molar-refractivity contribution in [1.82, 2.24) is 30.0 Å². The zero-order valence-corrected chi connectivity index (χ0v) is 15.7. The minimum atomic E-state index is -2.90. The van der Waals surface area contributed by atoms with E-state index in [-0.39, 0.29) is 23.5 Å². The second kappa shape index (κ2) is 7.35. The zero-order chi connectivity index (χ0) is 18.9. The van der Waals surface area contributed by atoms with Crippen LogP contribution in [0.4, 0.5) is 0 Å². The molecule has 0 saturated carbocycles. The number of carbonyl (C=O) groups is 1. The molecule has 1 aromatic carbocycles. The lowest BCUT2D eigenvalue weighted by atomic mass is 10.1. The Balaban J connectivity index is 1.46. The van der Waals surface area contributed by atoms with Crippen molar-refractivity contribution in [3.05, 3.63) is 42.2 Å². The highest BCUT2D eigenvalue weighted by atomic mass is 32.2. The van der Waals surface area contributed by atoms with Crippen molar-refractivity contribution in [3.8, 4) is 0 Å². The summed E-state index contributed by atoms with van der Waals surface area (Å²) in [7, 11) is -2.90. The summed E-state index contributed by atoms with van der Waals surface area (Å²) < 4.78 is 24.9. The van der Waals surface area contributed by atoms with E-state index in [9.17, 15) is 13.2 Å². The highest BCUT2D eigenvalue weighted by Crippen LogP contribution is 2.23. The van der Waals surface area contributed by atoms with Crippen LogP contribution in [0.15, 0.2) is 36.7 Å². The molecule has 0 radical (unpaired) electrons. The number of hydrogen-bond acceptors (Lipinski definition) is 7. The number of rotatable bonds is 4. The maximum Gasteiger partial charge on any atom is 0.252 e. The van der Waals surface area contributed by atoms with Crippen LogP contribution in [0.5, 0.6) is 0 Å². The van der Waals surface area contributed by atoms with Gasteiger partial charge in [0.05, 0.1) is 11.5 Å². The van der Waals surface area contributed by atoms with Gasteiger partial charge in [0.2, 0.25) is 0 Å². The molecule has 0 unspecified atom stereocenters. The lowest BCUT2D eigenvalue weighted by Gasteiger charge is -2.38. The summed E-state index contributed by atoms with van der Waals surface area (Å²) in [6, 6.07) is 8.94. The van der Waals surface area contributed by atoms with Gasteiger partial charge < -0.3 is 4.90 Å². The van der Waals surface area contributed by atoms with Crippen molar-refractivity contribution in [2.24, 2.45) is 0 Å². The van der Waals surface area contributed by atoms with Gasteiger partial charge in [-0.15, -0.1) is 5.10 Å². The fourth-order valence-electron chi connectivity index (χ4n) is 3.87. The van der Waals surface area contributed by atoms with Gasteiger partial charge in [0.25, 0.3) is 5.91 Å². The molecule has 9 nitrogen and oxygen atoms in total. The number of amides is 1. The highest BCUT2D eigenvalue weighted by molar-refractivity contribution is 7.91. The molecule has 0 spiro atoms. The number of aromatic nitrogens is 4. The molecular weight excluding hydrogens is 368 g/mol. The van der Waals surface area contributed by atoms with Crippen LogP contribution in [-0.2, 0) is 14.6 Å². The second-order valence-electron chi connectivity index (χ2n) is 7.02. The van der Waals surface area contributed by atoms with Gasteiger partial charge in [0, 0.05) is 32.2 Å². The van der Waals surface area contributed by atoms with E-state index in [0.717, 1.165) is 5.56 Å². The Labute approximate surface area is 157 Å². The Morgan fingerprint density at radius 3 is 2.44 bits per heavy atom. The molecule has 27 heavy (non-hydrogen) atoms. The van der Waals surface area contributed by atoms with Crippen LogP contribution in [0.3, 0.4) is 0 Å². The smallest absolute Gasteiger partial charge is 0.252 e. The summed E-state index contributed by atoms with van der Waals surface area (Å²) >= 11 is 0. The Hall–Kier alpha value is -2.33. The first kappa shape index (κ1) is 18.1. The number of nitrogens with zero attached hydrogens (tertiary/aromatic N) is 6. The molecule has 3 heterocycles. The van der Waals surface area contributed by atoms with Crippen LogP contribution in [0.25, 0.3) is 0 Å². The molecule has 2 atom stereocenters. The predicted molar refractivity (Wildman–Crippen MR) is 97.6 cm³/mol. The molecule has 0 N–H and O–H groups in total. The van der Waals surface area contributed by atoms with Crippen molar-refractivity contribution in [2.45, 2.75) is 18.5 Å². The van der Waals surface area contributed by atoms with Crippen molar-refractivity contribution in [2.75, 3.05) is 37.7 Å². The summed E-state index contributed by atoms with van der Waals surface area (Å²) in [5.74, 6) is 0.455. The summed E-state index contributed by atoms with van der Waals surface area (Å²) in [5, 5.41) is 11.3. The molecule has 0 aliphatic carbocycles. The van der Waals surface area contributed by atoms with Gasteiger partial charge in [-0.2, -0.15) is 0 Å². The third kappa shape index (κ3) is 3.86. The topological polar surface area (TPSA) is 101 Å². The first-order chi connectivity index (χ1) is 13.0. The second-order valence-corrected chi connectivity index (χ2v) is 9.25. The highest BCUT2D eigenvalue weighted by Gasteiger charge is 2.36. The van der Waals surface area contributed by atoms with Gasteiger partial charge in [-0.1, -0.05) is 30.3 Å². The molecule has 2 fully saturated rings. The fourth-order valence-corrected chi connectivity index (χ4v) is 5.64. The third-order valence-electron chi connectivity index (χ3n) is 5.33. The van der Waals surface area contributed by atoms with E-state index in [4.69, 9.17) is 0 Å². The van der Waals surface area contributed by atoms with Crippen LogP contribution in [0, 0.1) is 0 Å². The molecule has 144 valence electrons. The van der Waals surface area contributed by atoms with E-state index in [2.05, 4.69) is 20.4 Å². The van der Waals surface area contributed by atoms with Gasteiger partial charge in [-0.05, 0) is 22.4 Å². The van der Waals surface area contributed by atoms with Gasteiger partial charge >= 0.3 is 0 Å². The Bertz CT molecular complexity index is 879. The monoisotopic (exact) mass is 390 g/mol. The maximum atomic E-state index is 13.2. The number of piperazine rings is 1. The number of tetrazole rings is 1. The summed E-state index contributed by atoms with van der Waals surface area (Å²) in [6.45, 7) is 2.51. The van der Waals surface area contributed by atoms with E-state index in [1.807, 2.05) is 35.2 Å². The molecule has 1 aromatic heterocycles. The minimum Gasteiger partial charge on any atom is -0.338 e. The zero-order valence-electron chi connectivity index (χ0n) is 14.9. The van der Waals surface area contributed by atoms with Crippen LogP contribution >= 0.6 is 0 Å². The van der Waals surface area contributed by atoms with Crippen LogP contribution < -0.4 is 0 Å². The number of benzene rings is 1. The SMILES string of the molecule is O=C([C@H](c1ccccc1)n1cnnn1)N1CCN([C@@H]2CCS(=O)(=O)C2)CC1. The molecular formula is C17H22N6O3S. The molecule has 1 amide bonds. The minimum absolute atomic E-state index is 0.0489. The van der Waals surface area contributed by atoms with Crippen molar-refractivity contribution < 1.29 is 13.2 Å². The summed E-state index contributed by atoms with van der Waals surface area (Å²) in [4.78, 5) is 17.2. The third-order valence-corrected chi connectivity index (χ3v) is 7.08. The Morgan fingerprint density at radius 2 is 1.85 bits per heavy atom. The molecule has 4 rings (SSSR count). The first-order valence-corrected chi connectivity index (χ1v) is 10.9. The van der Waals surface area contributed by atoms with Gasteiger partial charge in [-0.25, -0.2) is 13.1 Å². The van der Waals surface area contributed by atoms with Crippen LogP contribution in [0.1, 0.15) is 18.0 Å². The standard InChI is InChI=1S/C17H22N6O3S/c24-17(16(23-13-18-19-20-23)14-4-2-1-3-5-14)22-9-7-21(8-10-22)15-6-11-27(25,26)12-15/h1-5,13,15-16H,6-12H2/t15-,16+/m1/s1. The number of sulfone groups is 1. The Kier molecular flexibility index (Phi) is 4.92. The van der Waals surface area contributed by atoms with E-state index in [1.54, 1.807) is 0 Å². The fraction of sp³-hybridized carbons (Fsp3) is 0.529. The maximum absolute atomic E-state index is 13.2. The quantitative estimate of drug-likeness (QED) is 0.700. The average molecular weight is 390 g/mol. The summed E-state index contributed by atoms with van der Waals surface area (Å²) in [5.41, 5.74) is 0.833. The van der Waals surface area contributed by atoms with Crippen molar-refractivity contribution in [3.63, 3.8) is 0 Å². The van der Waals surface area contributed by atoms with E-state index >= 15 is 0 Å². The predicted octanol–water partition coefficient (Wildman–Crippen LogP) is -0.406. The molecule has 0 bridgehead atoms. The van der Waals surface area contributed by atoms with Crippen molar-refractivity contribution >= 4 is 15.7 Å². The van der Waals surface area contributed by atoms with E-state index in [0.29, 0.717) is 32.6 Å². The first-order valence-electron chi connectivity index (χ1n) is 9.04. The van der Waals surface area contributed by atoms with E-state index < -0.39 is 15.9 Å². The molecule has 2 saturated heterocycles. The largest absolute Gasteiger partial charge is 0.338 e. The average Bonchev–Trinajstić information content (AvgIpc) is 3.33. The van der Waals surface area contributed by atoms with Gasteiger partial charge in [-0.3, -0.25) is 9.69 Å². The van der Waals surface area contributed by atoms with Crippen molar-refractivity contribution in [1.29, 1.82) is 0 Å². The number of hydrogen-bond donors (Lipinski definition) is 0. The normalized spacial score (nSPS) is 24.0. The molecule has 10 heteroatoms. The van der Waals surface area contributed by atoms with Gasteiger partial charge in [0.15, 0.2) is 15.9 Å². The summed E-state index contributed by atoms with van der Waals surface area (Å²) in [6.07, 6.45) is 2.14. The van der Waals surface area contributed by atoms with Crippen LogP contribution in [-0.4, -0.2) is 88.1 Å². The molecule has 2 aliphatic heterocycles. The van der Waals surface area contributed by atoms with Crippen LogP contribution in [0.2, 0.25) is 0 Å². The lowest BCUT2D eigenvalue weighted by Crippen LogP contribution is -2.53. The lowest BCUT2D eigenvalue weighted by molar-refractivity contribution is -0.135. The molecule has 2 aromatic rings. The number of carbonyl (C=O) groups excluding carboxylic acids is 1. The Morgan fingerprint density at radius 1 is 1.11 bits per heavy atom. The van der Waals surface area contributed by atoms with E-state index in [1.165, 1.54) is 11.0 Å². The van der Waals surface area contributed by atoms with Gasteiger partial charge in [0.1, 0.15) is 6.33 Å².